The molecule has 8 heteroatoms. The lowest BCUT2D eigenvalue weighted by atomic mass is 9.71. The van der Waals surface area contributed by atoms with Gasteiger partial charge in [-0.1, -0.05) is 6.07 Å². The fourth-order valence-electron chi connectivity index (χ4n) is 4.24. The van der Waals surface area contributed by atoms with Crippen LogP contribution in [0.3, 0.4) is 0 Å². The Labute approximate surface area is 162 Å². The van der Waals surface area contributed by atoms with E-state index >= 15 is 0 Å². The zero-order chi connectivity index (χ0) is 18.4. The molecular formula is C18H22ClN5OS. The number of urea groups is 1. The van der Waals surface area contributed by atoms with Crippen LogP contribution in [0.2, 0.25) is 5.28 Å². The van der Waals surface area contributed by atoms with Gasteiger partial charge in [-0.25, -0.2) is 14.8 Å². The number of nitrogens with zero attached hydrogens (tertiary/aromatic N) is 4. The molecule has 4 rings (SSSR count). The van der Waals surface area contributed by atoms with Gasteiger partial charge in [0.1, 0.15) is 0 Å². The van der Waals surface area contributed by atoms with E-state index in [9.17, 15) is 4.79 Å². The smallest absolute Gasteiger partial charge is 0.322 e. The van der Waals surface area contributed by atoms with Crippen molar-refractivity contribution in [2.75, 3.05) is 25.5 Å². The zero-order valence-corrected chi connectivity index (χ0v) is 16.5. The van der Waals surface area contributed by atoms with Crippen LogP contribution < -0.4 is 10.2 Å². The molecule has 2 aromatic heterocycles. The van der Waals surface area contributed by atoms with Gasteiger partial charge < -0.3 is 5.32 Å². The molecule has 2 aliphatic rings. The number of anilines is 1. The van der Waals surface area contributed by atoms with Crippen molar-refractivity contribution in [1.82, 2.24) is 20.2 Å². The Kier molecular flexibility index (Phi) is 4.41. The number of halogens is 1. The third kappa shape index (κ3) is 2.88. The summed E-state index contributed by atoms with van der Waals surface area (Å²) in [5.41, 5.74) is 0.556. The average Bonchev–Trinajstić information content (AvgIpc) is 3.26. The number of aromatic nitrogens is 2. The number of amides is 2. The highest BCUT2D eigenvalue weighted by molar-refractivity contribution is 7.10. The number of rotatable bonds is 3. The topological polar surface area (TPSA) is 61.4 Å². The maximum Gasteiger partial charge on any atom is 0.322 e. The largest absolute Gasteiger partial charge is 0.330 e. The SMILES string of the molecule is CN(C)[C@]1(c2cccs2)CC[C@@]2(CC1)CN(c1cnc(Cl)nc1)C(=O)N2. The maximum absolute atomic E-state index is 12.6. The highest BCUT2D eigenvalue weighted by Gasteiger charge is 2.50. The van der Waals surface area contributed by atoms with Crippen LogP contribution in [-0.2, 0) is 5.54 Å². The molecule has 2 fully saturated rings. The molecule has 138 valence electrons. The molecule has 1 saturated carbocycles. The summed E-state index contributed by atoms with van der Waals surface area (Å²) in [5.74, 6) is 0. The van der Waals surface area contributed by atoms with Gasteiger partial charge in [0.05, 0.1) is 35.7 Å². The van der Waals surface area contributed by atoms with Crippen LogP contribution in [0.25, 0.3) is 0 Å². The summed E-state index contributed by atoms with van der Waals surface area (Å²) >= 11 is 7.58. The van der Waals surface area contributed by atoms with E-state index < -0.39 is 0 Å². The van der Waals surface area contributed by atoms with E-state index in [0.29, 0.717) is 12.2 Å². The van der Waals surface area contributed by atoms with Crippen LogP contribution in [-0.4, -0.2) is 47.1 Å². The Morgan fingerprint density at radius 1 is 1.23 bits per heavy atom. The van der Waals surface area contributed by atoms with Gasteiger partial charge in [0, 0.05) is 4.88 Å². The highest BCUT2D eigenvalue weighted by atomic mass is 35.5. The van der Waals surface area contributed by atoms with Gasteiger partial charge in [-0.2, -0.15) is 0 Å². The third-order valence-corrected chi connectivity index (χ3v) is 7.12. The van der Waals surface area contributed by atoms with E-state index in [-0.39, 0.29) is 22.4 Å². The second-order valence-corrected chi connectivity index (χ2v) is 8.70. The monoisotopic (exact) mass is 391 g/mol. The van der Waals surface area contributed by atoms with Crippen LogP contribution in [0.5, 0.6) is 0 Å². The number of thiophene rings is 1. The molecule has 26 heavy (non-hydrogen) atoms. The predicted molar refractivity (Wildman–Crippen MR) is 104 cm³/mol. The van der Waals surface area contributed by atoms with E-state index in [1.54, 1.807) is 17.3 Å². The van der Waals surface area contributed by atoms with Crippen LogP contribution in [0.4, 0.5) is 10.5 Å². The molecule has 1 spiro atoms. The van der Waals surface area contributed by atoms with Crippen molar-refractivity contribution in [2.24, 2.45) is 0 Å². The molecule has 1 aliphatic heterocycles. The minimum atomic E-state index is -0.187. The third-order valence-electron chi connectivity index (χ3n) is 5.87. The van der Waals surface area contributed by atoms with Gasteiger partial charge in [-0.15, -0.1) is 11.3 Å². The normalized spacial score (nSPS) is 28.8. The molecule has 0 aromatic carbocycles. The molecule has 1 N–H and O–H groups in total. The van der Waals surface area contributed by atoms with Crippen molar-refractivity contribution in [3.05, 3.63) is 40.1 Å². The zero-order valence-electron chi connectivity index (χ0n) is 14.9. The molecule has 0 radical (unpaired) electrons. The van der Waals surface area contributed by atoms with Gasteiger partial charge in [-0.3, -0.25) is 9.80 Å². The summed E-state index contributed by atoms with van der Waals surface area (Å²) in [5, 5.41) is 5.57. The average molecular weight is 392 g/mol. The van der Waals surface area contributed by atoms with Crippen LogP contribution in [0.15, 0.2) is 29.9 Å². The van der Waals surface area contributed by atoms with E-state index in [2.05, 4.69) is 51.8 Å². The second-order valence-electron chi connectivity index (χ2n) is 7.41. The lowest BCUT2D eigenvalue weighted by molar-refractivity contribution is 0.0689. The summed E-state index contributed by atoms with van der Waals surface area (Å²) in [4.78, 5) is 26.0. The van der Waals surface area contributed by atoms with Gasteiger partial charge in [-0.05, 0) is 62.8 Å². The first-order valence-corrected chi connectivity index (χ1v) is 9.99. The predicted octanol–water partition coefficient (Wildman–Crippen LogP) is 3.49. The van der Waals surface area contributed by atoms with Crippen molar-refractivity contribution in [3.63, 3.8) is 0 Å². The van der Waals surface area contributed by atoms with E-state index in [4.69, 9.17) is 11.6 Å². The minimum absolute atomic E-state index is 0.0565. The molecule has 2 amide bonds. The summed E-state index contributed by atoms with van der Waals surface area (Å²) in [6, 6.07) is 4.27. The lowest BCUT2D eigenvalue weighted by Crippen LogP contribution is -2.53. The van der Waals surface area contributed by atoms with Crippen molar-refractivity contribution < 1.29 is 4.79 Å². The number of carbonyl (C=O) groups is 1. The first-order valence-electron chi connectivity index (χ1n) is 8.73. The van der Waals surface area contributed by atoms with Gasteiger partial charge in [0.2, 0.25) is 5.28 Å². The van der Waals surface area contributed by atoms with E-state index in [1.165, 1.54) is 4.88 Å². The summed E-state index contributed by atoms with van der Waals surface area (Å²) in [6.45, 7) is 0.644. The molecule has 6 nitrogen and oxygen atoms in total. The molecule has 0 unspecified atom stereocenters. The van der Waals surface area contributed by atoms with Crippen LogP contribution >= 0.6 is 22.9 Å². The number of nitrogens with one attached hydrogen (secondary N) is 1. The molecule has 1 aliphatic carbocycles. The first-order chi connectivity index (χ1) is 12.4. The molecule has 0 bridgehead atoms. The number of carbonyl (C=O) groups excluding carboxylic acids is 1. The summed E-state index contributed by atoms with van der Waals surface area (Å²) in [7, 11) is 4.31. The Morgan fingerprint density at radius 2 is 1.92 bits per heavy atom. The van der Waals surface area contributed by atoms with Crippen LogP contribution in [0.1, 0.15) is 30.6 Å². The minimum Gasteiger partial charge on any atom is -0.330 e. The summed E-state index contributed by atoms with van der Waals surface area (Å²) in [6.07, 6.45) is 7.14. The number of hydrogen-bond donors (Lipinski definition) is 1. The van der Waals surface area contributed by atoms with Crippen molar-refractivity contribution in [1.29, 1.82) is 0 Å². The standard InChI is InChI=1S/C18H22ClN5OS/c1-23(2)18(14-4-3-9-26-14)7-5-17(6-8-18)12-24(16(25)22-17)13-10-20-15(19)21-11-13/h3-4,9-11H,5-8,12H2,1-2H3,(H,22,25)/t17-,18-. The Morgan fingerprint density at radius 3 is 2.50 bits per heavy atom. The maximum atomic E-state index is 12.6. The molecule has 0 atom stereocenters. The van der Waals surface area contributed by atoms with Gasteiger partial charge >= 0.3 is 6.03 Å². The van der Waals surface area contributed by atoms with Crippen molar-refractivity contribution in [2.45, 2.75) is 36.8 Å². The van der Waals surface area contributed by atoms with Crippen LogP contribution in [0, 0.1) is 0 Å². The Bertz CT molecular complexity index is 784. The Balaban J connectivity index is 1.54. The quantitative estimate of drug-likeness (QED) is 0.813. The molecule has 3 heterocycles. The fraction of sp³-hybridized carbons (Fsp3) is 0.500. The lowest BCUT2D eigenvalue weighted by Gasteiger charge is -2.47. The summed E-state index contributed by atoms with van der Waals surface area (Å²) < 4.78 is 0. The highest BCUT2D eigenvalue weighted by Crippen LogP contribution is 2.47. The molecule has 1 saturated heterocycles. The number of hydrogen-bond acceptors (Lipinski definition) is 5. The Hall–Kier alpha value is -1.70. The van der Waals surface area contributed by atoms with E-state index in [0.717, 1.165) is 25.7 Å². The van der Waals surface area contributed by atoms with E-state index in [1.807, 2.05) is 11.3 Å². The van der Waals surface area contributed by atoms with Gasteiger partial charge in [0.15, 0.2) is 0 Å². The van der Waals surface area contributed by atoms with Crippen molar-refractivity contribution >= 4 is 34.7 Å². The van der Waals surface area contributed by atoms with Gasteiger partial charge in [0.25, 0.3) is 0 Å². The fourth-order valence-corrected chi connectivity index (χ4v) is 5.41. The molecular weight excluding hydrogens is 370 g/mol. The second kappa shape index (κ2) is 6.48. The first kappa shape index (κ1) is 17.7. The van der Waals surface area contributed by atoms with Crippen molar-refractivity contribution in [3.8, 4) is 0 Å². The molecule has 2 aromatic rings.